The van der Waals surface area contributed by atoms with Crippen molar-refractivity contribution in [1.29, 1.82) is 0 Å². The number of benzene rings is 3. The van der Waals surface area contributed by atoms with Gasteiger partial charge in [-0.25, -0.2) is 8.42 Å². The number of carbonyl (C=O) groups is 1. The molecule has 34 heavy (non-hydrogen) atoms. The van der Waals surface area contributed by atoms with Crippen molar-refractivity contribution in [3.63, 3.8) is 0 Å². The van der Waals surface area contributed by atoms with Gasteiger partial charge in [0.05, 0.1) is 25.2 Å². The summed E-state index contributed by atoms with van der Waals surface area (Å²) >= 11 is 0. The van der Waals surface area contributed by atoms with Crippen LogP contribution in [0, 0.1) is 6.92 Å². The predicted molar refractivity (Wildman–Crippen MR) is 132 cm³/mol. The van der Waals surface area contributed by atoms with Crippen LogP contribution in [0.2, 0.25) is 0 Å². The van der Waals surface area contributed by atoms with E-state index >= 15 is 0 Å². The number of amides is 1. The van der Waals surface area contributed by atoms with Gasteiger partial charge in [-0.3, -0.25) is 4.79 Å². The number of ether oxygens (including phenoxy) is 2. The molecule has 0 fully saturated rings. The summed E-state index contributed by atoms with van der Waals surface area (Å²) < 4.78 is 39.3. The number of nitrogens with one attached hydrogen (secondary N) is 2. The van der Waals surface area contributed by atoms with Gasteiger partial charge in [0.1, 0.15) is 17.5 Å². The van der Waals surface area contributed by atoms with Gasteiger partial charge in [0.15, 0.2) is 0 Å². The molecule has 3 aromatic rings. The molecule has 7 nitrogen and oxygen atoms in total. The van der Waals surface area contributed by atoms with E-state index in [-0.39, 0.29) is 17.4 Å². The molecule has 0 aromatic heterocycles. The lowest BCUT2D eigenvalue weighted by Gasteiger charge is -2.22. The molecule has 0 spiro atoms. The number of carbonyl (C=O) groups excluding carboxylic acids is 1. The molecule has 0 aliphatic carbocycles. The molecule has 0 bridgehead atoms. The van der Waals surface area contributed by atoms with E-state index in [0.29, 0.717) is 17.1 Å². The number of hydrogen-bond acceptors (Lipinski definition) is 5. The van der Waals surface area contributed by atoms with Crippen LogP contribution in [0.15, 0.2) is 77.7 Å². The second kappa shape index (κ2) is 11.2. The zero-order valence-corrected chi connectivity index (χ0v) is 20.6. The lowest BCUT2D eigenvalue weighted by Crippen LogP contribution is -2.48. The maximum absolute atomic E-state index is 13.2. The van der Waals surface area contributed by atoms with Crippen LogP contribution in [0.3, 0.4) is 0 Å². The first-order chi connectivity index (χ1) is 16.2. The first-order valence-corrected chi connectivity index (χ1v) is 12.4. The molecule has 1 amide bonds. The van der Waals surface area contributed by atoms with Crippen LogP contribution in [-0.2, 0) is 21.2 Å². The normalized spacial score (nSPS) is 13.1. The molecule has 3 rings (SSSR count). The van der Waals surface area contributed by atoms with Crippen LogP contribution >= 0.6 is 0 Å². The Morgan fingerprint density at radius 1 is 0.941 bits per heavy atom. The second-order valence-electron chi connectivity index (χ2n) is 8.00. The summed E-state index contributed by atoms with van der Waals surface area (Å²) in [5, 5.41) is 2.93. The van der Waals surface area contributed by atoms with Gasteiger partial charge in [-0.2, -0.15) is 4.72 Å². The van der Waals surface area contributed by atoms with Crippen LogP contribution in [0.5, 0.6) is 11.5 Å². The minimum absolute atomic E-state index is 0.0693. The van der Waals surface area contributed by atoms with Crippen molar-refractivity contribution in [1.82, 2.24) is 10.0 Å². The van der Waals surface area contributed by atoms with Crippen molar-refractivity contribution in [2.24, 2.45) is 0 Å². The molecule has 0 aliphatic heterocycles. The molecule has 0 saturated heterocycles. The van der Waals surface area contributed by atoms with Crippen molar-refractivity contribution in [2.75, 3.05) is 14.2 Å². The van der Waals surface area contributed by atoms with Crippen LogP contribution in [0.1, 0.15) is 29.7 Å². The van der Waals surface area contributed by atoms with Crippen molar-refractivity contribution in [3.8, 4) is 11.5 Å². The fourth-order valence-electron chi connectivity index (χ4n) is 3.60. The Balaban J connectivity index is 1.83. The number of rotatable bonds is 10. The quantitative estimate of drug-likeness (QED) is 0.459. The van der Waals surface area contributed by atoms with Crippen molar-refractivity contribution < 1.29 is 22.7 Å². The van der Waals surface area contributed by atoms with Crippen molar-refractivity contribution in [3.05, 3.63) is 89.5 Å². The van der Waals surface area contributed by atoms with Gasteiger partial charge in [0, 0.05) is 0 Å². The summed E-state index contributed by atoms with van der Waals surface area (Å²) in [6, 6.07) is 19.9. The third kappa shape index (κ3) is 6.36. The highest BCUT2D eigenvalue weighted by Crippen LogP contribution is 2.22. The summed E-state index contributed by atoms with van der Waals surface area (Å²) in [7, 11) is -0.850. The van der Waals surface area contributed by atoms with Crippen LogP contribution < -0.4 is 19.5 Å². The average molecular weight is 483 g/mol. The molecular weight excluding hydrogens is 452 g/mol. The Morgan fingerprint density at radius 3 is 2.21 bits per heavy atom. The van der Waals surface area contributed by atoms with E-state index in [9.17, 15) is 13.2 Å². The van der Waals surface area contributed by atoms with Gasteiger partial charge in [0.25, 0.3) is 0 Å². The predicted octanol–water partition coefficient (Wildman–Crippen LogP) is 3.78. The van der Waals surface area contributed by atoms with Crippen molar-refractivity contribution in [2.45, 2.75) is 37.2 Å². The Bertz CT molecular complexity index is 1210. The highest BCUT2D eigenvalue weighted by molar-refractivity contribution is 7.89. The van der Waals surface area contributed by atoms with Crippen LogP contribution in [0.4, 0.5) is 0 Å². The summed E-state index contributed by atoms with van der Waals surface area (Å²) in [6.45, 7) is 3.61. The molecule has 2 N–H and O–H groups in total. The third-order valence-electron chi connectivity index (χ3n) is 5.55. The highest BCUT2D eigenvalue weighted by Gasteiger charge is 2.27. The average Bonchev–Trinajstić information content (AvgIpc) is 2.84. The van der Waals surface area contributed by atoms with E-state index in [0.717, 1.165) is 11.1 Å². The zero-order chi connectivity index (χ0) is 24.7. The highest BCUT2D eigenvalue weighted by atomic mass is 32.2. The first-order valence-electron chi connectivity index (χ1n) is 10.9. The molecule has 0 radical (unpaired) electrons. The van der Waals surface area contributed by atoms with Gasteiger partial charge in [-0.15, -0.1) is 0 Å². The molecule has 180 valence electrons. The standard InChI is InChI=1S/C26H30N2O5S/c1-18-16-23(14-15-25(18)33-4)34(30,31)28-24(17-20-8-6-5-7-9-20)26(29)27-19(2)21-10-12-22(32-3)13-11-21/h5-16,19,24,28H,17H2,1-4H3,(H,27,29)/t19-,24+/m0/s1. The Hall–Kier alpha value is -3.36. The Kier molecular flexibility index (Phi) is 8.31. The number of aryl methyl sites for hydroxylation is 1. The van der Waals surface area contributed by atoms with Gasteiger partial charge in [0.2, 0.25) is 15.9 Å². The number of methoxy groups -OCH3 is 2. The monoisotopic (exact) mass is 482 g/mol. The van der Waals surface area contributed by atoms with Gasteiger partial charge in [-0.05, 0) is 67.3 Å². The summed E-state index contributed by atoms with van der Waals surface area (Å²) in [5.74, 6) is 0.888. The summed E-state index contributed by atoms with van der Waals surface area (Å²) in [4.78, 5) is 13.3. The van der Waals surface area contributed by atoms with Gasteiger partial charge >= 0.3 is 0 Å². The van der Waals surface area contributed by atoms with E-state index in [4.69, 9.17) is 9.47 Å². The molecule has 0 saturated carbocycles. The zero-order valence-electron chi connectivity index (χ0n) is 19.7. The maximum atomic E-state index is 13.2. The minimum Gasteiger partial charge on any atom is -0.497 e. The largest absolute Gasteiger partial charge is 0.497 e. The molecule has 0 heterocycles. The van der Waals surface area contributed by atoms with Crippen LogP contribution in [-0.4, -0.2) is 34.6 Å². The fraction of sp³-hybridized carbons (Fsp3) is 0.269. The first kappa shape index (κ1) is 25.3. The smallest absolute Gasteiger partial charge is 0.241 e. The molecule has 3 aromatic carbocycles. The van der Waals surface area contributed by atoms with E-state index < -0.39 is 22.0 Å². The molecule has 2 atom stereocenters. The minimum atomic E-state index is -3.96. The number of sulfonamides is 1. The van der Waals surface area contributed by atoms with E-state index in [1.165, 1.54) is 19.2 Å². The topological polar surface area (TPSA) is 93.7 Å². The Labute approximate surface area is 201 Å². The van der Waals surface area contributed by atoms with Crippen LogP contribution in [0.25, 0.3) is 0 Å². The van der Waals surface area contributed by atoms with Gasteiger partial charge in [-0.1, -0.05) is 42.5 Å². The Morgan fingerprint density at radius 2 is 1.62 bits per heavy atom. The molecule has 0 aliphatic rings. The van der Waals surface area contributed by atoms with E-state index in [1.54, 1.807) is 20.1 Å². The molecule has 8 heteroatoms. The molecule has 0 unspecified atom stereocenters. The third-order valence-corrected chi connectivity index (χ3v) is 7.02. The van der Waals surface area contributed by atoms with E-state index in [2.05, 4.69) is 10.0 Å². The fourth-order valence-corrected chi connectivity index (χ4v) is 4.88. The lowest BCUT2D eigenvalue weighted by atomic mass is 10.0. The lowest BCUT2D eigenvalue weighted by molar-refractivity contribution is -0.123. The summed E-state index contributed by atoms with van der Waals surface area (Å²) in [6.07, 6.45) is 0.205. The van der Waals surface area contributed by atoms with E-state index in [1.807, 2.05) is 61.5 Å². The molecular formula is C26H30N2O5S. The second-order valence-corrected chi connectivity index (χ2v) is 9.71. The van der Waals surface area contributed by atoms with Gasteiger partial charge < -0.3 is 14.8 Å². The summed E-state index contributed by atoms with van der Waals surface area (Å²) in [5.41, 5.74) is 2.40. The maximum Gasteiger partial charge on any atom is 0.241 e. The SMILES string of the molecule is COc1ccc([C@H](C)NC(=O)[C@@H](Cc2ccccc2)NS(=O)(=O)c2ccc(OC)c(C)c2)cc1. The number of hydrogen-bond donors (Lipinski definition) is 2. The van der Waals surface area contributed by atoms with Crippen molar-refractivity contribution >= 4 is 15.9 Å².